The van der Waals surface area contributed by atoms with E-state index in [1.165, 1.54) is 12.1 Å². The minimum Gasteiger partial charge on any atom is -0.452 e. The van der Waals surface area contributed by atoms with Gasteiger partial charge >= 0.3 is 0 Å². The molecule has 1 heterocycles. The van der Waals surface area contributed by atoms with Crippen molar-refractivity contribution >= 4 is 16.8 Å². The molecule has 21 heavy (non-hydrogen) atoms. The van der Waals surface area contributed by atoms with Crippen molar-refractivity contribution in [2.75, 3.05) is 0 Å². The van der Waals surface area contributed by atoms with E-state index in [1.54, 1.807) is 19.1 Å². The molecule has 0 unspecified atom stereocenters. The van der Waals surface area contributed by atoms with Crippen LogP contribution in [0.3, 0.4) is 0 Å². The van der Waals surface area contributed by atoms with Crippen LogP contribution in [0.4, 0.5) is 4.39 Å². The van der Waals surface area contributed by atoms with E-state index in [4.69, 9.17) is 4.42 Å². The second-order valence-corrected chi connectivity index (χ2v) is 5.08. The first-order valence-electron chi connectivity index (χ1n) is 6.92. The summed E-state index contributed by atoms with van der Waals surface area (Å²) in [6.45, 7) is 3.82. The fourth-order valence-corrected chi connectivity index (χ4v) is 2.47. The highest BCUT2D eigenvalue weighted by Crippen LogP contribution is 2.27. The Kier molecular flexibility index (Phi) is 3.34. The zero-order chi connectivity index (χ0) is 15.0. The molecule has 0 saturated carbocycles. The number of fused-ring (bicyclic) bond motifs is 1. The molecule has 1 aromatic heterocycles. The third-order valence-electron chi connectivity index (χ3n) is 3.70. The molecule has 0 spiro atoms. The van der Waals surface area contributed by atoms with Crippen molar-refractivity contribution in [3.63, 3.8) is 0 Å². The Morgan fingerprint density at radius 1 is 1.19 bits per heavy atom. The van der Waals surface area contributed by atoms with Gasteiger partial charge in [-0.05, 0) is 43.2 Å². The number of hydrogen-bond acceptors (Lipinski definition) is 2. The van der Waals surface area contributed by atoms with Crippen molar-refractivity contribution in [1.82, 2.24) is 0 Å². The van der Waals surface area contributed by atoms with Crippen molar-refractivity contribution in [2.24, 2.45) is 0 Å². The van der Waals surface area contributed by atoms with E-state index in [1.807, 2.05) is 25.1 Å². The Morgan fingerprint density at radius 3 is 2.76 bits per heavy atom. The highest BCUT2D eigenvalue weighted by Gasteiger charge is 2.19. The molecule has 0 N–H and O–H groups in total. The van der Waals surface area contributed by atoms with E-state index in [9.17, 15) is 9.18 Å². The maximum atomic E-state index is 13.3. The van der Waals surface area contributed by atoms with Crippen LogP contribution in [0.5, 0.6) is 0 Å². The Morgan fingerprint density at radius 2 is 2.00 bits per heavy atom. The second kappa shape index (κ2) is 5.17. The number of benzene rings is 2. The lowest BCUT2D eigenvalue weighted by atomic mass is 10.0. The highest BCUT2D eigenvalue weighted by atomic mass is 19.1. The number of furan rings is 1. The van der Waals surface area contributed by atoms with Gasteiger partial charge in [0.2, 0.25) is 5.78 Å². The van der Waals surface area contributed by atoms with Gasteiger partial charge in [-0.1, -0.05) is 25.1 Å². The zero-order valence-electron chi connectivity index (χ0n) is 11.9. The molecule has 0 fully saturated rings. The van der Waals surface area contributed by atoms with E-state index < -0.39 is 0 Å². The van der Waals surface area contributed by atoms with Gasteiger partial charge in [-0.15, -0.1) is 0 Å². The molecular formula is C18H15FO2. The average molecular weight is 282 g/mol. The lowest BCUT2D eigenvalue weighted by Crippen LogP contribution is -2.02. The van der Waals surface area contributed by atoms with Gasteiger partial charge in [0.1, 0.15) is 11.4 Å². The lowest BCUT2D eigenvalue weighted by molar-refractivity contribution is 0.101. The fraction of sp³-hybridized carbons (Fsp3) is 0.167. The zero-order valence-corrected chi connectivity index (χ0v) is 11.9. The van der Waals surface area contributed by atoms with Gasteiger partial charge in [-0.25, -0.2) is 4.39 Å². The molecular weight excluding hydrogens is 267 g/mol. The molecule has 0 bridgehead atoms. The van der Waals surface area contributed by atoms with Gasteiger partial charge < -0.3 is 4.42 Å². The number of carbonyl (C=O) groups excluding carboxylic acids is 1. The first-order valence-corrected chi connectivity index (χ1v) is 6.92. The van der Waals surface area contributed by atoms with Crippen LogP contribution in [-0.4, -0.2) is 5.78 Å². The van der Waals surface area contributed by atoms with E-state index in [2.05, 4.69) is 0 Å². The van der Waals surface area contributed by atoms with E-state index >= 15 is 0 Å². The molecule has 2 aromatic carbocycles. The van der Waals surface area contributed by atoms with Crippen LogP contribution in [0.15, 0.2) is 46.9 Å². The molecule has 0 amide bonds. The summed E-state index contributed by atoms with van der Waals surface area (Å²) < 4.78 is 18.9. The molecule has 3 rings (SSSR count). The molecule has 0 saturated heterocycles. The van der Waals surface area contributed by atoms with Gasteiger partial charge in [-0.3, -0.25) is 4.79 Å². The molecule has 106 valence electrons. The molecule has 0 atom stereocenters. The van der Waals surface area contributed by atoms with Crippen molar-refractivity contribution in [1.29, 1.82) is 0 Å². The summed E-state index contributed by atoms with van der Waals surface area (Å²) in [4.78, 5) is 12.6. The average Bonchev–Trinajstić information content (AvgIpc) is 2.83. The van der Waals surface area contributed by atoms with E-state index in [0.29, 0.717) is 22.1 Å². The Bertz CT molecular complexity index is 830. The number of aryl methyl sites for hydroxylation is 2. The topological polar surface area (TPSA) is 30.2 Å². The van der Waals surface area contributed by atoms with Crippen LogP contribution >= 0.6 is 0 Å². The van der Waals surface area contributed by atoms with Crippen LogP contribution in [0, 0.1) is 12.7 Å². The molecule has 0 radical (unpaired) electrons. The Hall–Kier alpha value is -2.42. The van der Waals surface area contributed by atoms with Gasteiger partial charge in [0.15, 0.2) is 5.76 Å². The van der Waals surface area contributed by atoms with Crippen LogP contribution in [0.2, 0.25) is 0 Å². The third kappa shape index (κ3) is 2.35. The first kappa shape index (κ1) is 13.6. The molecule has 3 heteroatoms. The largest absolute Gasteiger partial charge is 0.452 e. The van der Waals surface area contributed by atoms with Gasteiger partial charge in [0.05, 0.1) is 0 Å². The second-order valence-electron chi connectivity index (χ2n) is 5.08. The standard InChI is InChI=1S/C18H15FO2/c1-3-12-5-4-6-13(9-12)17(20)18-11(2)15-10-14(19)7-8-16(15)21-18/h4-10H,3H2,1-2H3. The van der Waals surface area contributed by atoms with Crippen LogP contribution < -0.4 is 0 Å². The SMILES string of the molecule is CCc1cccc(C(=O)c2oc3ccc(F)cc3c2C)c1. The summed E-state index contributed by atoms with van der Waals surface area (Å²) in [5, 5.41) is 0.644. The molecule has 0 aliphatic rings. The lowest BCUT2D eigenvalue weighted by Gasteiger charge is -2.02. The predicted molar refractivity (Wildman–Crippen MR) is 80.2 cm³/mol. The number of rotatable bonds is 3. The van der Waals surface area contributed by atoms with Crippen LogP contribution in [-0.2, 0) is 6.42 Å². The van der Waals surface area contributed by atoms with Crippen molar-refractivity contribution in [3.8, 4) is 0 Å². The van der Waals surface area contributed by atoms with Crippen molar-refractivity contribution in [3.05, 3.63) is 70.7 Å². The predicted octanol–water partition coefficient (Wildman–Crippen LogP) is 4.67. The molecule has 0 aliphatic carbocycles. The normalized spacial score (nSPS) is 11.0. The van der Waals surface area contributed by atoms with Crippen LogP contribution in [0.1, 0.15) is 34.2 Å². The number of hydrogen-bond donors (Lipinski definition) is 0. The summed E-state index contributed by atoms with van der Waals surface area (Å²) in [5.41, 5.74) is 2.90. The Balaban J connectivity index is 2.11. The van der Waals surface area contributed by atoms with Gasteiger partial charge in [0, 0.05) is 16.5 Å². The van der Waals surface area contributed by atoms with Gasteiger partial charge in [-0.2, -0.15) is 0 Å². The number of carbonyl (C=O) groups is 1. The number of halogens is 1. The highest BCUT2D eigenvalue weighted by molar-refractivity contribution is 6.10. The molecule has 3 aromatic rings. The Labute approximate surface area is 122 Å². The first-order chi connectivity index (χ1) is 10.1. The quantitative estimate of drug-likeness (QED) is 0.653. The summed E-state index contributed by atoms with van der Waals surface area (Å²) in [7, 11) is 0. The fourth-order valence-electron chi connectivity index (χ4n) is 2.47. The monoisotopic (exact) mass is 282 g/mol. The summed E-state index contributed by atoms with van der Waals surface area (Å²) in [6, 6.07) is 11.8. The minimum atomic E-state index is -0.335. The summed E-state index contributed by atoms with van der Waals surface area (Å²) in [5.74, 6) is -0.221. The van der Waals surface area contributed by atoms with Crippen molar-refractivity contribution in [2.45, 2.75) is 20.3 Å². The maximum absolute atomic E-state index is 13.3. The van der Waals surface area contributed by atoms with E-state index in [-0.39, 0.29) is 17.4 Å². The van der Waals surface area contributed by atoms with Gasteiger partial charge in [0.25, 0.3) is 0 Å². The summed E-state index contributed by atoms with van der Waals surface area (Å²) >= 11 is 0. The maximum Gasteiger partial charge on any atom is 0.228 e. The third-order valence-corrected chi connectivity index (χ3v) is 3.70. The van der Waals surface area contributed by atoms with Crippen molar-refractivity contribution < 1.29 is 13.6 Å². The summed E-state index contributed by atoms with van der Waals surface area (Å²) in [6.07, 6.45) is 0.867. The van der Waals surface area contributed by atoms with E-state index in [0.717, 1.165) is 12.0 Å². The molecule has 0 aliphatic heterocycles. The number of ketones is 1. The minimum absolute atomic E-state index is 0.167. The smallest absolute Gasteiger partial charge is 0.228 e. The molecule has 2 nitrogen and oxygen atoms in total. The van der Waals surface area contributed by atoms with Crippen LogP contribution in [0.25, 0.3) is 11.0 Å².